The molecule has 0 aromatic rings. The first-order valence-electron chi connectivity index (χ1n) is 5.26. The number of esters is 2. The zero-order chi connectivity index (χ0) is 12.2. The first-order chi connectivity index (χ1) is 7.70. The Morgan fingerprint density at radius 3 is 1.44 bits per heavy atom. The molecule has 0 saturated heterocycles. The summed E-state index contributed by atoms with van der Waals surface area (Å²) in [7, 11) is 0. The molecule has 0 heterocycles. The van der Waals surface area contributed by atoms with Crippen LogP contribution in [0, 0.1) is 0 Å². The highest BCUT2D eigenvalue weighted by atomic mass is 17.2. The molecule has 0 bridgehead atoms. The van der Waals surface area contributed by atoms with E-state index in [1.54, 1.807) is 13.8 Å². The third-order valence-corrected chi connectivity index (χ3v) is 1.52. The smallest absolute Gasteiger partial charge is 0.305 e. The number of carbonyl (C=O) groups excluding carboxylic acids is 2. The summed E-state index contributed by atoms with van der Waals surface area (Å²) in [5.41, 5.74) is 0. The van der Waals surface area contributed by atoms with E-state index in [0.717, 1.165) is 0 Å². The van der Waals surface area contributed by atoms with Crippen LogP contribution in [0.3, 0.4) is 0 Å². The Hall–Kier alpha value is -1.14. The largest absolute Gasteiger partial charge is 0.463 e. The van der Waals surface area contributed by atoms with Crippen molar-refractivity contribution in [3.8, 4) is 0 Å². The van der Waals surface area contributed by atoms with Crippen LogP contribution in [0.25, 0.3) is 0 Å². The van der Waals surface area contributed by atoms with Gasteiger partial charge in [-0.1, -0.05) is 13.8 Å². The SMILES string of the molecule is CCC(=O)OCCOOCCOC(=O)CC. The molecule has 0 fully saturated rings. The minimum absolute atomic E-state index is 0.154. The fraction of sp³-hybridized carbons (Fsp3) is 0.800. The third kappa shape index (κ3) is 9.42. The normalized spacial score (nSPS) is 9.88. The molecule has 0 saturated carbocycles. The minimum Gasteiger partial charge on any atom is -0.463 e. The van der Waals surface area contributed by atoms with Crippen molar-refractivity contribution < 1.29 is 28.8 Å². The van der Waals surface area contributed by atoms with E-state index in [1.165, 1.54) is 0 Å². The highest BCUT2D eigenvalue weighted by Crippen LogP contribution is 1.87. The molecule has 0 aliphatic rings. The molecule has 6 heteroatoms. The van der Waals surface area contributed by atoms with E-state index in [1.807, 2.05) is 0 Å². The van der Waals surface area contributed by atoms with Gasteiger partial charge in [0.05, 0.1) is 0 Å². The molecule has 0 atom stereocenters. The van der Waals surface area contributed by atoms with E-state index in [2.05, 4.69) is 9.78 Å². The Bertz CT molecular complexity index is 181. The van der Waals surface area contributed by atoms with Crippen molar-refractivity contribution in [1.29, 1.82) is 0 Å². The zero-order valence-electron chi connectivity index (χ0n) is 9.69. The van der Waals surface area contributed by atoms with Crippen molar-refractivity contribution in [2.24, 2.45) is 0 Å². The van der Waals surface area contributed by atoms with Gasteiger partial charge < -0.3 is 9.47 Å². The van der Waals surface area contributed by atoms with Crippen molar-refractivity contribution in [3.05, 3.63) is 0 Å². The number of hydrogen-bond donors (Lipinski definition) is 0. The lowest BCUT2D eigenvalue weighted by atomic mass is 10.5. The Kier molecular flexibility index (Phi) is 9.64. The molecule has 16 heavy (non-hydrogen) atoms. The molecule has 0 radical (unpaired) electrons. The predicted octanol–water partition coefficient (Wildman–Crippen LogP) is 0.841. The van der Waals surface area contributed by atoms with Crippen LogP contribution in [0.15, 0.2) is 0 Å². The maximum atomic E-state index is 10.7. The maximum Gasteiger partial charge on any atom is 0.305 e. The van der Waals surface area contributed by atoms with Crippen LogP contribution in [0.4, 0.5) is 0 Å². The van der Waals surface area contributed by atoms with Crippen LogP contribution in [0.2, 0.25) is 0 Å². The molecule has 0 aliphatic heterocycles. The molecule has 0 aromatic heterocycles. The van der Waals surface area contributed by atoms with Gasteiger partial charge in [-0.05, 0) is 0 Å². The van der Waals surface area contributed by atoms with Gasteiger partial charge in [0.25, 0.3) is 0 Å². The molecule has 94 valence electrons. The summed E-state index contributed by atoms with van der Waals surface area (Å²) < 4.78 is 9.45. The summed E-state index contributed by atoms with van der Waals surface area (Å²) in [5.74, 6) is -0.555. The fourth-order valence-electron chi connectivity index (χ4n) is 0.701. The van der Waals surface area contributed by atoms with E-state index in [4.69, 9.17) is 9.47 Å². The fourth-order valence-corrected chi connectivity index (χ4v) is 0.701. The van der Waals surface area contributed by atoms with Gasteiger partial charge in [0, 0.05) is 12.8 Å². The van der Waals surface area contributed by atoms with Gasteiger partial charge in [-0.15, -0.1) is 0 Å². The van der Waals surface area contributed by atoms with Crippen molar-refractivity contribution in [2.75, 3.05) is 26.4 Å². The van der Waals surface area contributed by atoms with E-state index in [9.17, 15) is 9.59 Å². The minimum atomic E-state index is -0.277. The summed E-state index contributed by atoms with van der Waals surface area (Å²) in [6.07, 6.45) is 0.682. The average molecular weight is 234 g/mol. The second kappa shape index (κ2) is 10.4. The molecule has 0 aliphatic carbocycles. The molecule has 6 nitrogen and oxygen atoms in total. The second-order valence-electron chi connectivity index (χ2n) is 2.79. The molecular formula is C10H18O6. The molecule has 0 spiro atoms. The highest BCUT2D eigenvalue weighted by Gasteiger charge is 1.99. The standard InChI is InChI=1S/C10H18O6/c1-3-9(11)13-5-7-15-16-8-6-14-10(12)4-2/h3-8H2,1-2H3. The monoisotopic (exact) mass is 234 g/mol. The van der Waals surface area contributed by atoms with Crippen LogP contribution in [0.5, 0.6) is 0 Å². The van der Waals surface area contributed by atoms with Gasteiger partial charge in [-0.3, -0.25) is 9.59 Å². The van der Waals surface area contributed by atoms with Crippen LogP contribution < -0.4 is 0 Å². The topological polar surface area (TPSA) is 71.1 Å². The van der Waals surface area contributed by atoms with Crippen LogP contribution >= 0.6 is 0 Å². The van der Waals surface area contributed by atoms with Gasteiger partial charge in [-0.25, -0.2) is 9.78 Å². The van der Waals surface area contributed by atoms with Crippen molar-refractivity contribution in [3.63, 3.8) is 0 Å². The van der Waals surface area contributed by atoms with Crippen LogP contribution in [-0.4, -0.2) is 38.4 Å². The molecule has 0 unspecified atom stereocenters. The van der Waals surface area contributed by atoms with Crippen LogP contribution in [-0.2, 0) is 28.8 Å². The van der Waals surface area contributed by atoms with Gasteiger partial charge in [0.2, 0.25) is 0 Å². The van der Waals surface area contributed by atoms with Crippen molar-refractivity contribution in [2.45, 2.75) is 26.7 Å². The number of hydrogen-bond acceptors (Lipinski definition) is 6. The number of ether oxygens (including phenoxy) is 2. The lowest BCUT2D eigenvalue weighted by molar-refractivity contribution is -0.301. The number of carbonyl (C=O) groups is 2. The van der Waals surface area contributed by atoms with E-state index >= 15 is 0 Å². The van der Waals surface area contributed by atoms with Gasteiger partial charge in [0.15, 0.2) is 0 Å². The number of rotatable bonds is 9. The summed E-state index contributed by atoms with van der Waals surface area (Å²) >= 11 is 0. The Morgan fingerprint density at radius 1 is 0.750 bits per heavy atom. The Morgan fingerprint density at radius 2 is 1.12 bits per heavy atom. The summed E-state index contributed by atoms with van der Waals surface area (Å²) in [4.78, 5) is 30.7. The highest BCUT2D eigenvalue weighted by molar-refractivity contribution is 5.69. The Labute approximate surface area is 94.7 Å². The van der Waals surface area contributed by atoms with Gasteiger partial charge in [-0.2, -0.15) is 0 Å². The molecule has 0 amide bonds. The van der Waals surface area contributed by atoms with E-state index in [-0.39, 0.29) is 38.4 Å². The predicted molar refractivity (Wildman–Crippen MR) is 54.4 cm³/mol. The van der Waals surface area contributed by atoms with Gasteiger partial charge in [0.1, 0.15) is 26.4 Å². The molecule has 0 N–H and O–H groups in total. The lowest BCUT2D eigenvalue weighted by Gasteiger charge is -2.05. The first kappa shape index (κ1) is 14.9. The Balaban J connectivity index is 3.10. The first-order valence-corrected chi connectivity index (χ1v) is 5.26. The van der Waals surface area contributed by atoms with Crippen LogP contribution in [0.1, 0.15) is 26.7 Å². The van der Waals surface area contributed by atoms with Crippen molar-refractivity contribution in [1.82, 2.24) is 0 Å². The lowest BCUT2D eigenvalue weighted by Crippen LogP contribution is -2.13. The van der Waals surface area contributed by atoms with Crippen molar-refractivity contribution >= 4 is 11.9 Å². The quantitative estimate of drug-likeness (QED) is 0.255. The molecule has 0 aromatic carbocycles. The molecule has 0 rings (SSSR count). The zero-order valence-corrected chi connectivity index (χ0v) is 9.69. The summed E-state index contributed by atoms with van der Waals surface area (Å²) in [6, 6.07) is 0. The van der Waals surface area contributed by atoms with Gasteiger partial charge >= 0.3 is 11.9 Å². The maximum absolute atomic E-state index is 10.7. The summed E-state index contributed by atoms with van der Waals surface area (Å²) in [5, 5.41) is 0. The summed E-state index contributed by atoms with van der Waals surface area (Å²) in [6.45, 7) is 4.05. The second-order valence-corrected chi connectivity index (χ2v) is 2.79. The third-order valence-electron chi connectivity index (χ3n) is 1.52. The van der Waals surface area contributed by atoms with E-state index < -0.39 is 0 Å². The molecular weight excluding hydrogens is 216 g/mol. The van der Waals surface area contributed by atoms with E-state index in [0.29, 0.717) is 12.8 Å². The average Bonchev–Trinajstić information content (AvgIpc) is 2.31.